The molecule has 13 aromatic rings. The number of para-hydroxylation sites is 2. The monoisotopic (exact) mass is 764 g/mol. The molecule has 60 heavy (non-hydrogen) atoms. The molecule has 0 fully saturated rings. The molecule has 0 aliphatic carbocycles. The summed E-state index contributed by atoms with van der Waals surface area (Å²) in [4.78, 5) is 15.7. The zero-order chi connectivity index (χ0) is 39.3. The van der Waals surface area contributed by atoms with Crippen molar-refractivity contribution >= 4 is 86.8 Å². The topological polar surface area (TPSA) is 56.7 Å². The average molecular weight is 765 g/mol. The maximum atomic E-state index is 7.07. The number of hydrogen-bond donors (Lipinski definition) is 0. The first kappa shape index (κ1) is 32.9. The fourth-order valence-electron chi connectivity index (χ4n) is 9.45. The summed E-state index contributed by atoms with van der Waals surface area (Å²) in [5.74, 6) is 1.77. The third kappa shape index (κ3) is 4.84. The first-order chi connectivity index (χ1) is 29.7. The Morgan fingerprint density at radius 1 is 0.317 bits per heavy atom. The first-order valence-corrected chi connectivity index (χ1v) is 20.3. The van der Waals surface area contributed by atoms with Gasteiger partial charge in [0.1, 0.15) is 11.2 Å². The standard InChI is InChI=1S/C55H32N4O/c1-2-15-33(16-3-1)53-56-54(58-55(57-53)47-30-36-19-6-7-20-37(36)38-21-8-9-22-39(38)47)44-27-14-26-43-46-32-50(40-23-10-11-25-42(40)52(46)60-51(43)44)59-48-28-13-12-24-41(48)45-29-34-17-4-5-18-35(34)31-49(45)59/h1-32H. The van der Waals surface area contributed by atoms with Gasteiger partial charge < -0.3 is 8.98 Å². The molecule has 0 aliphatic rings. The Morgan fingerprint density at radius 2 is 0.900 bits per heavy atom. The highest BCUT2D eigenvalue weighted by molar-refractivity contribution is 6.21. The summed E-state index contributed by atoms with van der Waals surface area (Å²) in [5, 5.41) is 13.7. The van der Waals surface area contributed by atoms with Crippen molar-refractivity contribution in [2.24, 2.45) is 0 Å². The molecule has 5 nitrogen and oxygen atoms in total. The Labute approximate surface area is 343 Å². The summed E-state index contributed by atoms with van der Waals surface area (Å²) >= 11 is 0. The van der Waals surface area contributed by atoms with Gasteiger partial charge in [-0.3, -0.25) is 0 Å². The van der Waals surface area contributed by atoms with E-state index in [0.717, 1.165) is 76.8 Å². The summed E-state index contributed by atoms with van der Waals surface area (Å²) in [6.45, 7) is 0. The van der Waals surface area contributed by atoms with Crippen molar-refractivity contribution in [3.63, 3.8) is 0 Å². The number of furan rings is 1. The molecule has 0 unspecified atom stereocenters. The van der Waals surface area contributed by atoms with E-state index in [2.05, 4.69) is 168 Å². The maximum Gasteiger partial charge on any atom is 0.167 e. The predicted molar refractivity (Wildman–Crippen MR) is 248 cm³/mol. The lowest BCUT2D eigenvalue weighted by Gasteiger charge is -2.13. The Bertz CT molecular complexity index is 3900. The van der Waals surface area contributed by atoms with E-state index in [-0.39, 0.29) is 0 Å². The molecule has 0 atom stereocenters. The number of aromatic nitrogens is 4. The molecule has 0 spiro atoms. The van der Waals surface area contributed by atoms with E-state index in [4.69, 9.17) is 19.4 Å². The van der Waals surface area contributed by atoms with E-state index in [1.807, 2.05) is 30.3 Å². The quantitative estimate of drug-likeness (QED) is 0.167. The van der Waals surface area contributed by atoms with Crippen molar-refractivity contribution in [2.75, 3.05) is 0 Å². The van der Waals surface area contributed by atoms with Crippen LogP contribution in [0, 0.1) is 0 Å². The van der Waals surface area contributed by atoms with Crippen LogP contribution in [0.2, 0.25) is 0 Å². The Kier molecular flexibility index (Phi) is 6.95. The molecule has 278 valence electrons. The van der Waals surface area contributed by atoms with E-state index in [9.17, 15) is 0 Å². The number of benzene rings is 10. The molecular formula is C55H32N4O. The molecule has 3 aromatic heterocycles. The number of fused-ring (bicyclic) bond motifs is 12. The minimum absolute atomic E-state index is 0.555. The van der Waals surface area contributed by atoms with Gasteiger partial charge in [0.2, 0.25) is 0 Å². The smallest absolute Gasteiger partial charge is 0.167 e. The molecule has 13 rings (SSSR count). The lowest BCUT2D eigenvalue weighted by Crippen LogP contribution is -2.01. The Balaban J connectivity index is 1.09. The fraction of sp³-hybridized carbons (Fsp3) is 0. The average Bonchev–Trinajstić information content (AvgIpc) is 3.86. The summed E-state index contributed by atoms with van der Waals surface area (Å²) in [5.41, 5.74) is 7.68. The zero-order valence-electron chi connectivity index (χ0n) is 32.2. The van der Waals surface area contributed by atoms with Crippen molar-refractivity contribution in [3.05, 3.63) is 194 Å². The second kappa shape index (κ2) is 12.7. The van der Waals surface area contributed by atoms with Gasteiger partial charge >= 0.3 is 0 Å². The maximum absolute atomic E-state index is 7.07. The molecule has 0 bridgehead atoms. The number of hydrogen-bond acceptors (Lipinski definition) is 4. The Morgan fingerprint density at radius 3 is 1.72 bits per heavy atom. The third-order valence-corrected chi connectivity index (χ3v) is 12.2. The summed E-state index contributed by atoms with van der Waals surface area (Å²) < 4.78 is 9.50. The zero-order valence-corrected chi connectivity index (χ0v) is 32.2. The fourth-order valence-corrected chi connectivity index (χ4v) is 9.45. The second-order valence-corrected chi connectivity index (χ2v) is 15.5. The lowest BCUT2D eigenvalue weighted by atomic mass is 9.97. The van der Waals surface area contributed by atoms with Crippen LogP contribution < -0.4 is 0 Å². The van der Waals surface area contributed by atoms with Crippen molar-refractivity contribution in [2.45, 2.75) is 0 Å². The number of rotatable bonds is 4. The van der Waals surface area contributed by atoms with Crippen LogP contribution in [0.4, 0.5) is 0 Å². The van der Waals surface area contributed by atoms with Crippen LogP contribution in [0.1, 0.15) is 0 Å². The van der Waals surface area contributed by atoms with Crippen LogP contribution in [-0.4, -0.2) is 19.5 Å². The molecule has 5 heteroatoms. The highest BCUT2D eigenvalue weighted by Crippen LogP contribution is 2.44. The van der Waals surface area contributed by atoms with Gasteiger partial charge in [0, 0.05) is 43.4 Å². The van der Waals surface area contributed by atoms with Gasteiger partial charge in [-0.25, -0.2) is 15.0 Å². The van der Waals surface area contributed by atoms with Crippen LogP contribution in [-0.2, 0) is 0 Å². The van der Waals surface area contributed by atoms with Crippen molar-refractivity contribution in [1.82, 2.24) is 19.5 Å². The molecule has 3 heterocycles. The Hall–Kier alpha value is -8.15. The molecule has 0 aliphatic heterocycles. The minimum Gasteiger partial charge on any atom is -0.455 e. The van der Waals surface area contributed by atoms with E-state index in [1.54, 1.807) is 0 Å². The molecule has 0 saturated carbocycles. The molecular weight excluding hydrogens is 733 g/mol. The SMILES string of the molecule is c1ccc(-c2nc(-c3cc4ccccc4c4ccccc34)nc(-c3cccc4c3oc3c5ccccc5c(-n5c6ccccc6c6cc7ccccc7cc65)cc43)n2)cc1. The second-order valence-electron chi connectivity index (χ2n) is 15.5. The van der Waals surface area contributed by atoms with Crippen molar-refractivity contribution in [3.8, 4) is 39.9 Å². The van der Waals surface area contributed by atoms with E-state index in [1.165, 1.54) is 32.4 Å². The largest absolute Gasteiger partial charge is 0.455 e. The molecule has 0 N–H and O–H groups in total. The van der Waals surface area contributed by atoms with Crippen molar-refractivity contribution < 1.29 is 4.42 Å². The van der Waals surface area contributed by atoms with Gasteiger partial charge in [-0.15, -0.1) is 0 Å². The minimum atomic E-state index is 0.555. The van der Waals surface area contributed by atoms with Crippen molar-refractivity contribution in [1.29, 1.82) is 0 Å². The van der Waals surface area contributed by atoms with Gasteiger partial charge in [0.25, 0.3) is 0 Å². The van der Waals surface area contributed by atoms with Crippen LogP contribution >= 0.6 is 0 Å². The lowest BCUT2D eigenvalue weighted by molar-refractivity contribution is 0.673. The first-order valence-electron chi connectivity index (χ1n) is 20.3. The van der Waals surface area contributed by atoms with Gasteiger partial charge in [0.05, 0.1) is 22.3 Å². The molecule has 0 radical (unpaired) electrons. The predicted octanol–water partition coefficient (Wildman–Crippen LogP) is 14.5. The van der Waals surface area contributed by atoms with Crippen LogP contribution in [0.15, 0.2) is 199 Å². The van der Waals surface area contributed by atoms with Gasteiger partial charge in [-0.05, 0) is 68.7 Å². The third-order valence-electron chi connectivity index (χ3n) is 12.2. The molecule has 10 aromatic carbocycles. The molecule has 0 amide bonds. The van der Waals surface area contributed by atoms with Gasteiger partial charge in [-0.2, -0.15) is 0 Å². The normalized spacial score (nSPS) is 12.0. The summed E-state index contributed by atoms with van der Waals surface area (Å²) in [6, 6.07) is 68.6. The summed E-state index contributed by atoms with van der Waals surface area (Å²) in [7, 11) is 0. The number of nitrogens with zero attached hydrogens (tertiary/aromatic N) is 4. The highest BCUT2D eigenvalue weighted by Gasteiger charge is 2.23. The van der Waals surface area contributed by atoms with Crippen LogP contribution in [0.5, 0.6) is 0 Å². The summed E-state index contributed by atoms with van der Waals surface area (Å²) in [6.07, 6.45) is 0. The van der Waals surface area contributed by atoms with E-state index in [0.29, 0.717) is 17.5 Å². The van der Waals surface area contributed by atoms with E-state index < -0.39 is 0 Å². The van der Waals surface area contributed by atoms with Crippen LogP contribution in [0.25, 0.3) is 127 Å². The van der Waals surface area contributed by atoms with E-state index >= 15 is 0 Å². The molecule has 0 saturated heterocycles. The highest BCUT2D eigenvalue weighted by atomic mass is 16.3. The van der Waals surface area contributed by atoms with Crippen LogP contribution in [0.3, 0.4) is 0 Å². The van der Waals surface area contributed by atoms with Gasteiger partial charge in [-0.1, -0.05) is 158 Å². The van der Waals surface area contributed by atoms with Gasteiger partial charge in [0.15, 0.2) is 17.5 Å².